The van der Waals surface area contributed by atoms with Gasteiger partial charge in [0.1, 0.15) is 5.82 Å². The molecule has 2 rings (SSSR count). The smallest absolute Gasteiger partial charge is 0.281 e. The van der Waals surface area contributed by atoms with Gasteiger partial charge in [-0.1, -0.05) is 5.16 Å². The summed E-state index contributed by atoms with van der Waals surface area (Å²) in [5.41, 5.74) is 5.17. The van der Waals surface area contributed by atoms with Crippen molar-refractivity contribution in [3.05, 3.63) is 42.1 Å². The Kier molecular flexibility index (Phi) is 3.80. The predicted octanol–water partition coefficient (Wildman–Crippen LogP) is 0.454. The molecular weight excluding hydrogens is 301 g/mol. The van der Waals surface area contributed by atoms with Crippen LogP contribution in [0.5, 0.6) is 0 Å². The lowest BCUT2D eigenvalue weighted by Gasteiger charge is -2.08. The summed E-state index contributed by atoms with van der Waals surface area (Å²) in [4.78, 5) is 3.69. The standard InChI is InChI=1S/C11H12FN5O3S/c1-17-5-10(14-6-17)21(19,20)16-9-3-2-7(4-8(9)12)11(13)15-18/h2-6,16,18H,1H3,(H2,13,15). The molecule has 0 saturated heterocycles. The number of benzene rings is 1. The highest BCUT2D eigenvalue weighted by molar-refractivity contribution is 7.92. The van der Waals surface area contributed by atoms with Crippen molar-refractivity contribution < 1.29 is 18.0 Å². The first kappa shape index (κ1) is 14.8. The molecule has 0 atom stereocenters. The Morgan fingerprint density at radius 3 is 2.76 bits per heavy atom. The second-order valence-corrected chi connectivity index (χ2v) is 5.79. The van der Waals surface area contributed by atoms with E-state index in [1.807, 2.05) is 0 Å². The second kappa shape index (κ2) is 5.40. The number of nitrogens with zero attached hydrogens (tertiary/aromatic N) is 3. The van der Waals surface area contributed by atoms with Crippen molar-refractivity contribution in [2.75, 3.05) is 4.72 Å². The van der Waals surface area contributed by atoms with Crippen molar-refractivity contribution in [2.45, 2.75) is 5.03 Å². The molecule has 0 fully saturated rings. The van der Waals surface area contributed by atoms with Crippen molar-refractivity contribution >= 4 is 21.5 Å². The summed E-state index contributed by atoms with van der Waals surface area (Å²) in [6.07, 6.45) is 2.59. The van der Waals surface area contributed by atoms with Crippen molar-refractivity contribution in [1.29, 1.82) is 0 Å². The van der Waals surface area contributed by atoms with E-state index < -0.39 is 15.8 Å². The molecule has 0 amide bonds. The molecule has 1 aromatic heterocycles. The molecular formula is C11H12FN5O3S. The third kappa shape index (κ3) is 3.11. The van der Waals surface area contributed by atoms with Crippen LogP contribution in [0.1, 0.15) is 5.56 Å². The number of rotatable bonds is 4. The van der Waals surface area contributed by atoms with Gasteiger partial charge in [0, 0.05) is 18.8 Å². The first-order valence-corrected chi connectivity index (χ1v) is 7.10. The summed E-state index contributed by atoms with van der Waals surface area (Å²) in [7, 11) is -2.38. The lowest BCUT2D eigenvalue weighted by molar-refractivity contribution is 0.318. The molecule has 0 saturated carbocycles. The number of aromatic nitrogens is 2. The van der Waals surface area contributed by atoms with Gasteiger partial charge < -0.3 is 15.5 Å². The molecule has 2 aromatic rings. The van der Waals surface area contributed by atoms with Gasteiger partial charge >= 0.3 is 0 Å². The summed E-state index contributed by atoms with van der Waals surface area (Å²) in [5, 5.41) is 11.0. The van der Waals surface area contributed by atoms with Crippen molar-refractivity contribution in [3.63, 3.8) is 0 Å². The minimum absolute atomic E-state index is 0.121. The van der Waals surface area contributed by atoms with Crippen molar-refractivity contribution in [3.8, 4) is 0 Å². The van der Waals surface area contributed by atoms with E-state index in [2.05, 4.69) is 14.9 Å². The van der Waals surface area contributed by atoms with E-state index in [9.17, 15) is 12.8 Å². The minimum Gasteiger partial charge on any atom is -0.409 e. The highest BCUT2D eigenvalue weighted by Crippen LogP contribution is 2.19. The Hall–Kier alpha value is -2.62. The monoisotopic (exact) mass is 313 g/mol. The zero-order chi connectivity index (χ0) is 15.6. The molecule has 0 aliphatic heterocycles. The lowest BCUT2D eigenvalue weighted by atomic mass is 10.2. The van der Waals surface area contributed by atoms with Crippen molar-refractivity contribution in [1.82, 2.24) is 9.55 Å². The molecule has 8 nitrogen and oxygen atoms in total. The number of hydrogen-bond donors (Lipinski definition) is 3. The summed E-state index contributed by atoms with van der Waals surface area (Å²) >= 11 is 0. The topological polar surface area (TPSA) is 123 Å². The average molecular weight is 313 g/mol. The Morgan fingerprint density at radius 2 is 2.24 bits per heavy atom. The summed E-state index contributed by atoms with van der Waals surface area (Å²) < 4.78 is 41.4. The minimum atomic E-state index is -3.99. The zero-order valence-corrected chi connectivity index (χ0v) is 11.7. The largest absolute Gasteiger partial charge is 0.409 e. The maximum absolute atomic E-state index is 13.9. The number of oxime groups is 1. The second-order valence-electron chi connectivity index (χ2n) is 4.16. The Balaban J connectivity index is 2.32. The average Bonchev–Trinajstić information content (AvgIpc) is 2.87. The van der Waals surface area contributed by atoms with Crippen LogP contribution in [0.25, 0.3) is 0 Å². The van der Waals surface area contributed by atoms with E-state index in [4.69, 9.17) is 10.9 Å². The molecule has 0 unspecified atom stereocenters. The number of nitrogens with two attached hydrogens (primary N) is 1. The third-order valence-electron chi connectivity index (χ3n) is 2.57. The SMILES string of the molecule is Cn1cnc(S(=O)(=O)Nc2ccc(/C(N)=N/O)cc2F)c1. The fourth-order valence-corrected chi connectivity index (χ4v) is 2.59. The molecule has 0 aliphatic carbocycles. The predicted molar refractivity (Wildman–Crippen MR) is 72.9 cm³/mol. The van der Waals surface area contributed by atoms with E-state index in [1.165, 1.54) is 29.2 Å². The molecule has 1 aromatic carbocycles. The third-order valence-corrected chi connectivity index (χ3v) is 3.82. The molecule has 0 radical (unpaired) electrons. The number of halogens is 1. The summed E-state index contributed by atoms with van der Waals surface area (Å²) in [6.45, 7) is 0. The fourth-order valence-electron chi connectivity index (χ4n) is 1.54. The maximum Gasteiger partial charge on any atom is 0.281 e. The number of sulfonamides is 1. The van der Waals surface area contributed by atoms with Crippen molar-refractivity contribution in [2.24, 2.45) is 17.9 Å². The number of hydrogen-bond acceptors (Lipinski definition) is 5. The maximum atomic E-state index is 13.9. The van der Waals surface area contributed by atoms with Crippen LogP contribution in [0.15, 0.2) is 40.9 Å². The zero-order valence-electron chi connectivity index (χ0n) is 10.9. The number of imidazole rings is 1. The number of anilines is 1. The quantitative estimate of drug-likeness (QED) is 0.327. The van der Waals surface area contributed by atoms with E-state index >= 15 is 0 Å². The molecule has 4 N–H and O–H groups in total. The fraction of sp³-hybridized carbons (Fsp3) is 0.0909. The van der Waals surface area contributed by atoms with E-state index in [-0.39, 0.29) is 22.1 Å². The molecule has 0 aliphatic rings. The highest BCUT2D eigenvalue weighted by Gasteiger charge is 2.19. The van der Waals surface area contributed by atoms with Gasteiger partial charge in [-0.3, -0.25) is 4.72 Å². The molecule has 10 heteroatoms. The van der Waals surface area contributed by atoms with Gasteiger partial charge in [-0.25, -0.2) is 9.37 Å². The van der Waals surface area contributed by atoms with Gasteiger partial charge in [0.25, 0.3) is 10.0 Å². The van der Waals surface area contributed by atoms with Gasteiger partial charge in [0.15, 0.2) is 10.9 Å². The number of aryl methyl sites for hydroxylation is 1. The van der Waals surface area contributed by atoms with Crippen LogP contribution in [-0.2, 0) is 17.1 Å². The molecule has 1 heterocycles. The van der Waals surface area contributed by atoms with Crippen LogP contribution in [0, 0.1) is 5.82 Å². The normalized spacial score (nSPS) is 12.4. The van der Waals surface area contributed by atoms with Crippen LogP contribution in [-0.4, -0.2) is 29.0 Å². The van der Waals surface area contributed by atoms with Crippen LogP contribution in [0.3, 0.4) is 0 Å². The van der Waals surface area contributed by atoms with Gasteiger partial charge in [0.2, 0.25) is 0 Å². The molecule has 21 heavy (non-hydrogen) atoms. The summed E-state index contributed by atoms with van der Waals surface area (Å²) in [5.74, 6) is -1.15. The molecule has 112 valence electrons. The van der Waals surface area contributed by atoms with Crippen LogP contribution in [0.2, 0.25) is 0 Å². The first-order valence-electron chi connectivity index (χ1n) is 5.61. The van der Waals surface area contributed by atoms with Crippen LogP contribution >= 0.6 is 0 Å². The van der Waals surface area contributed by atoms with Gasteiger partial charge in [-0.05, 0) is 18.2 Å². The first-order chi connectivity index (χ1) is 9.83. The van der Waals surface area contributed by atoms with Crippen LogP contribution in [0.4, 0.5) is 10.1 Å². The van der Waals surface area contributed by atoms with E-state index in [1.54, 1.807) is 7.05 Å². The van der Waals surface area contributed by atoms with Gasteiger partial charge in [-0.2, -0.15) is 8.42 Å². The number of amidine groups is 1. The Morgan fingerprint density at radius 1 is 1.52 bits per heavy atom. The number of nitrogens with one attached hydrogen (secondary N) is 1. The summed E-state index contributed by atoms with van der Waals surface area (Å²) in [6, 6.07) is 3.43. The molecule has 0 spiro atoms. The van der Waals surface area contributed by atoms with Gasteiger partial charge in [-0.15, -0.1) is 0 Å². The van der Waals surface area contributed by atoms with Gasteiger partial charge in [0.05, 0.1) is 12.0 Å². The molecule has 0 bridgehead atoms. The highest BCUT2D eigenvalue weighted by atomic mass is 32.2. The lowest BCUT2D eigenvalue weighted by Crippen LogP contribution is -2.16. The van der Waals surface area contributed by atoms with E-state index in [0.717, 1.165) is 6.07 Å². The Labute approximate surface area is 119 Å². The van der Waals surface area contributed by atoms with E-state index in [0.29, 0.717) is 0 Å². The Bertz CT molecular complexity index is 800. The van der Waals surface area contributed by atoms with Crippen LogP contribution < -0.4 is 10.5 Å².